The van der Waals surface area contributed by atoms with Crippen molar-refractivity contribution >= 4 is 11.5 Å². The number of rotatable bonds is 5. The molecular formula is C25H24F3N5O. The molecule has 0 amide bonds. The lowest BCUT2D eigenvalue weighted by molar-refractivity contribution is -0.274. The van der Waals surface area contributed by atoms with Gasteiger partial charge in [-0.2, -0.15) is 0 Å². The Balaban J connectivity index is 1.23. The first-order valence-electron chi connectivity index (χ1n) is 11.1. The van der Waals surface area contributed by atoms with Gasteiger partial charge in [-0.15, -0.1) is 18.3 Å². The Kier molecular flexibility index (Phi) is 5.87. The minimum absolute atomic E-state index is 0.201. The third-order valence-corrected chi connectivity index (χ3v) is 5.99. The molecule has 0 radical (unpaired) electrons. The summed E-state index contributed by atoms with van der Waals surface area (Å²) in [5.74, 6) is 0.702. The fraction of sp³-hybridized carbons (Fsp3) is 0.280. The molecule has 0 N–H and O–H groups in total. The van der Waals surface area contributed by atoms with Crippen molar-refractivity contribution < 1.29 is 17.9 Å². The number of fused-ring (bicyclic) bond motifs is 1. The Bertz CT molecular complexity index is 1260. The number of alkyl halides is 3. The van der Waals surface area contributed by atoms with Crippen molar-refractivity contribution in [2.45, 2.75) is 19.8 Å². The van der Waals surface area contributed by atoms with Gasteiger partial charge in [0.05, 0.1) is 11.4 Å². The Morgan fingerprint density at radius 3 is 2.26 bits per heavy atom. The highest BCUT2D eigenvalue weighted by Crippen LogP contribution is 2.25. The van der Waals surface area contributed by atoms with E-state index in [4.69, 9.17) is 10.1 Å². The molecular weight excluding hydrogens is 443 g/mol. The zero-order chi connectivity index (χ0) is 23.7. The Morgan fingerprint density at radius 1 is 0.882 bits per heavy atom. The van der Waals surface area contributed by atoms with E-state index in [-0.39, 0.29) is 5.75 Å². The number of hydrogen-bond donors (Lipinski definition) is 0. The number of piperazine rings is 1. The molecule has 0 atom stereocenters. The van der Waals surface area contributed by atoms with E-state index in [1.54, 1.807) is 12.1 Å². The molecule has 9 heteroatoms. The van der Waals surface area contributed by atoms with Crippen LogP contribution in [0.1, 0.15) is 11.3 Å². The normalized spacial score (nSPS) is 15.1. The lowest BCUT2D eigenvalue weighted by atomic mass is 10.1. The fourth-order valence-electron chi connectivity index (χ4n) is 4.26. The molecule has 0 unspecified atom stereocenters. The molecule has 2 aromatic heterocycles. The Morgan fingerprint density at radius 2 is 1.59 bits per heavy atom. The summed E-state index contributed by atoms with van der Waals surface area (Å²) in [6.45, 7) is 5.99. The second-order valence-corrected chi connectivity index (χ2v) is 8.33. The second-order valence-electron chi connectivity index (χ2n) is 8.33. The molecule has 2 aromatic carbocycles. The molecule has 0 spiro atoms. The van der Waals surface area contributed by atoms with E-state index in [1.807, 2.05) is 53.9 Å². The fourth-order valence-corrected chi connectivity index (χ4v) is 4.26. The van der Waals surface area contributed by atoms with E-state index < -0.39 is 6.36 Å². The summed E-state index contributed by atoms with van der Waals surface area (Å²) in [5.41, 5.74) is 4.77. The molecule has 3 heterocycles. The van der Waals surface area contributed by atoms with Crippen molar-refractivity contribution in [1.29, 1.82) is 0 Å². The van der Waals surface area contributed by atoms with Crippen molar-refractivity contribution in [3.05, 3.63) is 78.0 Å². The Hall–Kier alpha value is -3.59. The summed E-state index contributed by atoms with van der Waals surface area (Å²) in [6.07, 6.45) is -4.67. The van der Waals surface area contributed by atoms with E-state index in [2.05, 4.69) is 14.5 Å². The predicted octanol–water partition coefficient (Wildman–Crippen LogP) is 4.93. The van der Waals surface area contributed by atoms with Gasteiger partial charge >= 0.3 is 6.36 Å². The molecule has 6 nitrogen and oxygen atoms in total. The standard InChI is InChI=1S/C25H24F3N5O/c1-18-24(20-5-3-2-4-6-20)29-22-11-12-23(30-33(18)22)32-15-13-31(14-16-32)17-19-7-9-21(10-8-19)34-25(26,27)28/h2-12H,13-17H2,1H3. The van der Waals surface area contributed by atoms with Crippen molar-refractivity contribution in [3.8, 4) is 17.0 Å². The number of nitrogens with zero attached hydrogens (tertiary/aromatic N) is 5. The maximum Gasteiger partial charge on any atom is 0.573 e. The van der Waals surface area contributed by atoms with E-state index in [1.165, 1.54) is 12.1 Å². The van der Waals surface area contributed by atoms with Gasteiger partial charge in [-0.3, -0.25) is 4.90 Å². The lowest BCUT2D eigenvalue weighted by Gasteiger charge is -2.35. The van der Waals surface area contributed by atoms with Crippen LogP contribution in [0.25, 0.3) is 16.9 Å². The van der Waals surface area contributed by atoms with Crippen LogP contribution in [0, 0.1) is 6.92 Å². The molecule has 0 aliphatic carbocycles. The van der Waals surface area contributed by atoms with E-state index >= 15 is 0 Å². The minimum Gasteiger partial charge on any atom is -0.406 e. The highest BCUT2D eigenvalue weighted by molar-refractivity contribution is 5.66. The SMILES string of the molecule is Cc1c(-c2ccccc2)nc2ccc(N3CCN(Cc4ccc(OC(F)(F)F)cc4)CC3)nn12. The van der Waals surface area contributed by atoms with Crippen LogP contribution in [0.4, 0.5) is 19.0 Å². The maximum atomic E-state index is 12.3. The largest absolute Gasteiger partial charge is 0.573 e. The zero-order valence-corrected chi connectivity index (χ0v) is 18.7. The number of aryl methyl sites for hydroxylation is 1. The summed E-state index contributed by atoms with van der Waals surface area (Å²) in [6, 6.07) is 20.2. The number of hydrogen-bond acceptors (Lipinski definition) is 5. The van der Waals surface area contributed by atoms with Gasteiger partial charge in [0.1, 0.15) is 11.6 Å². The van der Waals surface area contributed by atoms with E-state index in [9.17, 15) is 13.2 Å². The maximum absolute atomic E-state index is 12.3. The van der Waals surface area contributed by atoms with Gasteiger partial charge < -0.3 is 9.64 Å². The number of imidazole rings is 1. The molecule has 5 rings (SSSR count). The van der Waals surface area contributed by atoms with Gasteiger partial charge in [0.25, 0.3) is 0 Å². The van der Waals surface area contributed by atoms with Crippen molar-refractivity contribution in [3.63, 3.8) is 0 Å². The van der Waals surface area contributed by atoms with Crippen LogP contribution in [0.2, 0.25) is 0 Å². The van der Waals surface area contributed by atoms with Gasteiger partial charge in [-0.05, 0) is 36.8 Å². The third-order valence-electron chi connectivity index (χ3n) is 5.99. The summed E-state index contributed by atoms with van der Waals surface area (Å²) in [4.78, 5) is 9.29. The third kappa shape index (κ3) is 4.84. The zero-order valence-electron chi connectivity index (χ0n) is 18.7. The number of aromatic nitrogens is 3. The van der Waals surface area contributed by atoms with Crippen LogP contribution in [0.3, 0.4) is 0 Å². The van der Waals surface area contributed by atoms with Crippen LogP contribution >= 0.6 is 0 Å². The summed E-state index contributed by atoms with van der Waals surface area (Å²) < 4.78 is 42.8. The molecule has 176 valence electrons. The monoisotopic (exact) mass is 467 g/mol. The quantitative estimate of drug-likeness (QED) is 0.417. The van der Waals surface area contributed by atoms with Crippen molar-refractivity contribution in [2.75, 3.05) is 31.1 Å². The highest BCUT2D eigenvalue weighted by Gasteiger charge is 2.31. The first-order chi connectivity index (χ1) is 16.4. The van der Waals surface area contributed by atoms with Crippen LogP contribution in [-0.2, 0) is 6.54 Å². The van der Waals surface area contributed by atoms with Crippen molar-refractivity contribution in [2.24, 2.45) is 0 Å². The van der Waals surface area contributed by atoms with E-state index in [0.717, 1.165) is 60.2 Å². The number of ether oxygens (including phenoxy) is 1. The minimum atomic E-state index is -4.67. The molecule has 1 aliphatic heterocycles. The van der Waals surface area contributed by atoms with Gasteiger partial charge in [0.2, 0.25) is 0 Å². The molecule has 1 saturated heterocycles. The summed E-state index contributed by atoms with van der Waals surface area (Å²) >= 11 is 0. The number of halogens is 3. The molecule has 1 aliphatic rings. The van der Waals surface area contributed by atoms with Crippen molar-refractivity contribution in [1.82, 2.24) is 19.5 Å². The molecule has 1 fully saturated rings. The molecule has 0 bridgehead atoms. The molecule has 4 aromatic rings. The highest BCUT2D eigenvalue weighted by atomic mass is 19.4. The summed E-state index contributed by atoms with van der Waals surface area (Å²) in [5, 5.41) is 4.85. The lowest BCUT2D eigenvalue weighted by Crippen LogP contribution is -2.46. The van der Waals surface area contributed by atoms with Gasteiger partial charge in [0.15, 0.2) is 5.65 Å². The first kappa shape index (κ1) is 22.2. The van der Waals surface area contributed by atoms with E-state index in [0.29, 0.717) is 6.54 Å². The smallest absolute Gasteiger partial charge is 0.406 e. The second kappa shape index (κ2) is 8.98. The average Bonchev–Trinajstić information content (AvgIpc) is 3.16. The molecule has 34 heavy (non-hydrogen) atoms. The number of anilines is 1. The van der Waals surface area contributed by atoms with Gasteiger partial charge in [0, 0.05) is 38.3 Å². The Labute approximate surface area is 195 Å². The predicted molar refractivity (Wildman–Crippen MR) is 124 cm³/mol. The van der Waals surface area contributed by atoms with Crippen LogP contribution in [0.15, 0.2) is 66.7 Å². The first-order valence-corrected chi connectivity index (χ1v) is 11.1. The van der Waals surface area contributed by atoms with Crippen LogP contribution in [0.5, 0.6) is 5.75 Å². The van der Waals surface area contributed by atoms with Crippen LogP contribution in [-0.4, -0.2) is 52.0 Å². The van der Waals surface area contributed by atoms with Crippen LogP contribution < -0.4 is 9.64 Å². The molecule has 0 saturated carbocycles. The number of benzene rings is 2. The van der Waals surface area contributed by atoms with Gasteiger partial charge in [-0.1, -0.05) is 42.5 Å². The van der Waals surface area contributed by atoms with Gasteiger partial charge in [-0.25, -0.2) is 9.50 Å². The topological polar surface area (TPSA) is 45.9 Å². The summed E-state index contributed by atoms with van der Waals surface area (Å²) in [7, 11) is 0. The average molecular weight is 467 g/mol.